The molecule has 0 radical (unpaired) electrons. The van der Waals surface area contributed by atoms with Gasteiger partial charge in [-0.1, -0.05) is 5.92 Å². The van der Waals surface area contributed by atoms with Crippen LogP contribution < -0.4 is 0 Å². The molecule has 0 aromatic heterocycles. The first-order valence-electron chi connectivity index (χ1n) is 8.30. The van der Waals surface area contributed by atoms with Gasteiger partial charge in [-0.3, -0.25) is 0 Å². The summed E-state index contributed by atoms with van der Waals surface area (Å²) in [5.74, 6) is 2.49. The molecule has 0 rings (SSSR count). The van der Waals surface area contributed by atoms with Crippen molar-refractivity contribution in [1.82, 2.24) is 0 Å². The summed E-state index contributed by atoms with van der Waals surface area (Å²) in [5.41, 5.74) is 0. The van der Waals surface area contributed by atoms with Crippen LogP contribution in [0.25, 0.3) is 0 Å². The zero-order chi connectivity index (χ0) is 18.4. The van der Waals surface area contributed by atoms with E-state index in [4.69, 9.17) is 23.5 Å². The fourth-order valence-corrected chi connectivity index (χ4v) is 20.6. The molecule has 0 aliphatic carbocycles. The molecule has 0 aliphatic rings. The van der Waals surface area contributed by atoms with E-state index in [0.29, 0.717) is 13.2 Å². The van der Waals surface area contributed by atoms with E-state index in [-0.39, 0.29) is 0 Å². The molecular weight excluding hydrogens is 357 g/mol. The van der Waals surface area contributed by atoms with Crippen molar-refractivity contribution in [1.29, 1.82) is 0 Å². The Kier molecular flexibility index (Phi) is 9.21. The normalized spacial score (nSPS) is 16.0. The summed E-state index contributed by atoms with van der Waals surface area (Å²) in [7, 11) is -7.81. The lowest BCUT2D eigenvalue weighted by atomic mass is 10.5. The van der Waals surface area contributed by atoms with Crippen LogP contribution in [0.5, 0.6) is 0 Å². The highest BCUT2D eigenvalue weighted by molar-refractivity contribution is 6.89. The quantitative estimate of drug-likeness (QED) is 0.294. The van der Waals surface area contributed by atoms with Crippen LogP contribution in [0.15, 0.2) is 0 Å². The summed E-state index contributed by atoms with van der Waals surface area (Å²) in [5, 5.41) is 0. The number of hydrogen-bond donors (Lipinski definition) is 0. The van der Waals surface area contributed by atoms with E-state index in [1.54, 1.807) is 0 Å². The fraction of sp³-hybridized carbons (Fsp3) is 0.867. The molecule has 1 unspecified atom stereocenters. The molecule has 0 N–H and O–H groups in total. The lowest BCUT2D eigenvalue weighted by molar-refractivity contribution is 0.165. The Labute approximate surface area is 148 Å². The lowest BCUT2D eigenvalue weighted by Crippen LogP contribution is -2.56. The van der Waals surface area contributed by atoms with Crippen LogP contribution in [0.3, 0.4) is 0 Å². The molecule has 0 amide bonds. The molecular formula is C15H36O4Si4. The number of hydrogen-bond acceptors (Lipinski definition) is 4. The maximum absolute atomic E-state index is 6.59. The summed E-state index contributed by atoms with van der Waals surface area (Å²) in [4.78, 5) is 0. The van der Waals surface area contributed by atoms with E-state index in [1.807, 2.05) is 0 Å². The van der Waals surface area contributed by atoms with Crippen molar-refractivity contribution in [3.05, 3.63) is 0 Å². The minimum atomic E-state index is -2.29. The highest BCUT2D eigenvalue weighted by Gasteiger charge is 2.44. The van der Waals surface area contributed by atoms with Gasteiger partial charge in [0.2, 0.25) is 0 Å². The summed E-state index contributed by atoms with van der Waals surface area (Å²) >= 11 is 0. The summed E-state index contributed by atoms with van der Waals surface area (Å²) in [6.45, 7) is 20.7. The minimum Gasteiger partial charge on any atom is -0.437 e. The molecule has 23 heavy (non-hydrogen) atoms. The summed E-state index contributed by atoms with van der Waals surface area (Å²) in [6, 6.07) is 0.910. The third-order valence-electron chi connectivity index (χ3n) is 2.64. The molecule has 8 heteroatoms. The smallest absolute Gasteiger partial charge is 0.315 e. The van der Waals surface area contributed by atoms with Crippen LogP contribution in [0.2, 0.25) is 65.0 Å². The Morgan fingerprint density at radius 1 is 0.783 bits per heavy atom. The van der Waals surface area contributed by atoms with Crippen LogP contribution in [0.4, 0.5) is 0 Å². The van der Waals surface area contributed by atoms with Crippen LogP contribution >= 0.6 is 0 Å². The first-order chi connectivity index (χ1) is 10.2. The molecule has 0 spiro atoms. The van der Waals surface area contributed by atoms with E-state index in [1.165, 1.54) is 0 Å². The van der Waals surface area contributed by atoms with Crippen molar-refractivity contribution in [3.63, 3.8) is 0 Å². The molecule has 0 saturated carbocycles. The van der Waals surface area contributed by atoms with Gasteiger partial charge in [0.15, 0.2) is 16.6 Å². The van der Waals surface area contributed by atoms with Crippen molar-refractivity contribution in [2.24, 2.45) is 0 Å². The third kappa shape index (κ3) is 13.3. The largest absolute Gasteiger partial charge is 0.437 e. The fourth-order valence-electron chi connectivity index (χ4n) is 2.68. The average Bonchev–Trinajstić information content (AvgIpc) is 2.20. The molecule has 0 heterocycles. The number of terminal acetylenes is 1. The highest BCUT2D eigenvalue weighted by Crippen LogP contribution is 2.27. The molecule has 0 aromatic rings. The van der Waals surface area contributed by atoms with Crippen molar-refractivity contribution >= 4 is 33.8 Å². The van der Waals surface area contributed by atoms with Gasteiger partial charge < -0.3 is 17.1 Å². The van der Waals surface area contributed by atoms with Gasteiger partial charge in [0.25, 0.3) is 0 Å². The van der Waals surface area contributed by atoms with Crippen molar-refractivity contribution in [2.75, 3.05) is 13.2 Å². The SMILES string of the molecule is C#CCOCCC[Si](C)(O[Si](C)(C)C)O[Si](C)(C)O[Si](C)(C)C. The van der Waals surface area contributed by atoms with Crippen LogP contribution in [-0.4, -0.2) is 47.0 Å². The van der Waals surface area contributed by atoms with Crippen molar-refractivity contribution < 1.29 is 17.1 Å². The Hall–Kier alpha value is 0.268. The Bertz CT molecular complexity index is 396. The van der Waals surface area contributed by atoms with Gasteiger partial charge >= 0.3 is 17.1 Å². The average molecular weight is 393 g/mol. The predicted molar refractivity (Wildman–Crippen MR) is 108 cm³/mol. The first-order valence-corrected chi connectivity index (χ1v) is 20.5. The molecule has 0 bridgehead atoms. The highest BCUT2D eigenvalue weighted by atomic mass is 28.5. The predicted octanol–water partition coefficient (Wildman–Crippen LogP) is 4.52. The third-order valence-corrected chi connectivity index (χ3v) is 16.2. The monoisotopic (exact) mass is 392 g/mol. The molecule has 136 valence electrons. The molecule has 0 aliphatic heterocycles. The van der Waals surface area contributed by atoms with Gasteiger partial charge in [-0.25, -0.2) is 0 Å². The van der Waals surface area contributed by atoms with Crippen LogP contribution in [0.1, 0.15) is 6.42 Å². The maximum atomic E-state index is 6.59. The minimum absolute atomic E-state index is 0.368. The Balaban J connectivity index is 4.88. The maximum Gasteiger partial charge on any atom is 0.315 e. The van der Waals surface area contributed by atoms with Crippen LogP contribution in [0, 0.1) is 12.3 Å². The van der Waals surface area contributed by atoms with E-state index in [9.17, 15) is 0 Å². The van der Waals surface area contributed by atoms with Crippen molar-refractivity contribution in [3.8, 4) is 12.3 Å². The zero-order valence-electron chi connectivity index (χ0n) is 16.5. The van der Waals surface area contributed by atoms with E-state index < -0.39 is 33.8 Å². The van der Waals surface area contributed by atoms with E-state index >= 15 is 0 Å². The zero-order valence-corrected chi connectivity index (χ0v) is 20.5. The topological polar surface area (TPSA) is 36.9 Å². The Morgan fingerprint density at radius 2 is 1.30 bits per heavy atom. The second kappa shape index (κ2) is 9.10. The summed E-state index contributed by atoms with van der Waals surface area (Å²) < 4.78 is 24.8. The van der Waals surface area contributed by atoms with Crippen LogP contribution in [-0.2, 0) is 17.1 Å². The second-order valence-electron chi connectivity index (χ2n) is 8.42. The van der Waals surface area contributed by atoms with Gasteiger partial charge in [0.05, 0.1) is 0 Å². The van der Waals surface area contributed by atoms with Gasteiger partial charge in [0.1, 0.15) is 6.61 Å². The van der Waals surface area contributed by atoms with Gasteiger partial charge in [-0.15, -0.1) is 6.42 Å². The van der Waals surface area contributed by atoms with Crippen molar-refractivity contribution in [2.45, 2.75) is 71.4 Å². The lowest BCUT2D eigenvalue weighted by Gasteiger charge is -2.41. The van der Waals surface area contributed by atoms with E-state index in [0.717, 1.165) is 12.5 Å². The molecule has 0 fully saturated rings. The molecule has 0 saturated heterocycles. The summed E-state index contributed by atoms with van der Waals surface area (Å²) in [6.07, 6.45) is 6.11. The molecule has 1 atom stereocenters. The van der Waals surface area contributed by atoms with E-state index in [2.05, 4.69) is 64.8 Å². The first kappa shape index (κ1) is 23.3. The molecule has 4 nitrogen and oxygen atoms in total. The van der Waals surface area contributed by atoms with Gasteiger partial charge in [-0.05, 0) is 71.4 Å². The molecule has 0 aromatic carbocycles. The second-order valence-corrected chi connectivity index (χ2v) is 24.9. The standard InChI is InChI=1S/C15H36O4Si4/c1-11-13-16-14-12-15-23(10,18-21(5,6)7)19-22(8,9)17-20(2,3)4/h1H,12-15H2,2-10H3. The van der Waals surface area contributed by atoms with Gasteiger partial charge in [-0.2, -0.15) is 0 Å². The number of ether oxygens (including phenoxy) is 1. The number of rotatable bonds is 11. The Morgan fingerprint density at radius 3 is 1.74 bits per heavy atom. The van der Waals surface area contributed by atoms with Gasteiger partial charge in [0, 0.05) is 6.61 Å².